The Bertz CT molecular complexity index is 370. The lowest BCUT2D eigenvalue weighted by molar-refractivity contribution is 0.152. The van der Waals surface area contributed by atoms with Crippen molar-refractivity contribution < 1.29 is 9.84 Å². The van der Waals surface area contributed by atoms with Gasteiger partial charge in [0.25, 0.3) is 0 Å². The van der Waals surface area contributed by atoms with Gasteiger partial charge in [-0.25, -0.2) is 0 Å². The van der Waals surface area contributed by atoms with Crippen LogP contribution in [0, 0.1) is 0 Å². The van der Waals surface area contributed by atoms with Gasteiger partial charge in [-0.2, -0.15) is 0 Å². The number of methoxy groups -OCH3 is 1. The van der Waals surface area contributed by atoms with E-state index in [0.29, 0.717) is 0 Å². The molecule has 17 heavy (non-hydrogen) atoms. The van der Waals surface area contributed by atoms with Crippen molar-refractivity contribution in [3.8, 4) is 5.75 Å². The zero-order valence-electron chi connectivity index (χ0n) is 10.2. The molecule has 2 atom stereocenters. The lowest BCUT2D eigenvalue weighted by Gasteiger charge is -2.23. The van der Waals surface area contributed by atoms with Gasteiger partial charge in [-0.1, -0.05) is 18.2 Å². The maximum absolute atomic E-state index is 9.33. The Kier molecular flexibility index (Phi) is 3.99. The molecule has 2 rings (SSSR count). The maximum Gasteiger partial charge on any atom is 0.123 e. The summed E-state index contributed by atoms with van der Waals surface area (Å²) in [5, 5.41) is 9.33. The number of para-hydroxylation sites is 1. The van der Waals surface area contributed by atoms with E-state index < -0.39 is 0 Å². The van der Waals surface area contributed by atoms with Gasteiger partial charge in [-0.15, -0.1) is 0 Å². The zero-order chi connectivity index (χ0) is 12.3. The van der Waals surface area contributed by atoms with E-state index in [1.807, 2.05) is 18.2 Å². The topological polar surface area (TPSA) is 58.7 Å². The molecule has 0 aliphatic carbocycles. The number of aliphatic hydroxyl groups is 1. The standard InChI is InChI=1S/C13H20N2O2/c1-17-13-5-3-2-4-10(13)7-15-8-11(14)6-12(15)9-16/h2-5,11-12,16H,6-9,14H2,1H3. The molecule has 2 unspecified atom stereocenters. The number of hydrogen-bond acceptors (Lipinski definition) is 4. The minimum absolute atomic E-state index is 0.168. The smallest absolute Gasteiger partial charge is 0.123 e. The highest BCUT2D eigenvalue weighted by Crippen LogP contribution is 2.24. The quantitative estimate of drug-likeness (QED) is 0.803. The van der Waals surface area contributed by atoms with E-state index in [-0.39, 0.29) is 18.7 Å². The van der Waals surface area contributed by atoms with Crippen LogP contribution in [0.2, 0.25) is 0 Å². The summed E-state index contributed by atoms with van der Waals surface area (Å²) >= 11 is 0. The number of nitrogens with two attached hydrogens (primary N) is 1. The van der Waals surface area contributed by atoms with E-state index >= 15 is 0 Å². The van der Waals surface area contributed by atoms with Gasteiger partial charge in [0.05, 0.1) is 13.7 Å². The number of rotatable bonds is 4. The van der Waals surface area contributed by atoms with Crippen LogP contribution < -0.4 is 10.5 Å². The minimum atomic E-state index is 0.168. The molecule has 1 fully saturated rings. The fourth-order valence-electron chi connectivity index (χ4n) is 2.46. The molecule has 94 valence electrons. The number of hydrogen-bond donors (Lipinski definition) is 2. The Hall–Kier alpha value is -1.10. The van der Waals surface area contributed by atoms with Gasteiger partial charge in [-0.05, 0) is 12.5 Å². The molecule has 0 radical (unpaired) electrons. The van der Waals surface area contributed by atoms with Crippen molar-refractivity contribution in [3.05, 3.63) is 29.8 Å². The van der Waals surface area contributed by atoms with Crippen LogP contribution in [0.15, 0.2) is 24.3 Å². The number of ether oxygens (including phenoxy) is 1. The molecule has 1 aliphatic rings. The van der Waals surface area contributed by atoms with Gasteiger partial charge in [0.15, 0.2) is 0 Å². The van der Waals surface area contributed by atoms with Crippen LogP contribution in [0.1, 0.15) is 12.0 Å². The molecule has 1 aromatic rings. The SMILES string of the molecule is COc1ccccc1CN1CC(N)CC1CO. The van der Waals surface area contributed by atoms with E-state index in [0.717, 1.165) is 30.8 Å². The van der Waals surface area contributed by atoms with Crippen LogP contribution in [0.5, 0.6) is 5.75 Å². The van der Waals surface area contributed by atoms with Crippen LogP contribution in [-0.2, 0) is 6.54 Å². The monoisotopic (exact) mass is 236 g/mol. The minimum Gasteiger partial charge on any atom is -0.496 e. The maximum atomic E-state index is 9.33. The highest BCUT2D eigenvalue weighted by Gasteiger charge is 2.29. The molecule has 0 spiro atoms. The van der Waals surface area contributed by atoms with Crippen molar-refractivity contribution in [2.45, 2.75) is 25.0 Å². The molecule has 1 saturated heterocycles. The first-order valence-electron chi connectivity index (χ1n) is 5.97. The summed E-state index contributed by atoms with van der Waals surface area (Å²) in [6.45, 7) is 1.79. The number of aliphatic hydroxyl groups excluding tert-OH is 1. The second kappa shape index (κ2) is 5.49. The fraction of sp³-hybridized carbons (Fsp3) is 0.538. The van der Waals surface area contributed by atoms with Gasteiger partial charge < -0.3 is 15.6 Å². The Labute approximate surface area is 102 Å². The van der Waals surface area contributed by atoms with E-state index in [9.17, 15) is 5.11 Å². The van der Waals surface area contributed by atoms with Crippen LogP contribution in [0.4, 0.5) is 0 Å². The first kappa shape index (κ1) is 12.4. The van der Waals surface area contributed by atoms with Gasteiger partial charge in [0.1, 0.15) is 5.75 Å². The first-order chi connectivity index (χ1) is 8.24. The first-order valence-corrected chi connectivity index (χ1v) is 5.97. The third-order valence-corrected chi connectivity index (χ3v) is 3.34. The summed E-state index contributed by atoms with van der Waals surface area (Å²) in [5.74, 6) is 0.893. The second-order valence-electron chi connectivity index (χ2n) is 4.57. The molecule has 0 aromatic heterocycles. The van der Waals surface area contributed by atoms with Crippen molar-refractivity contribution in [1.29, 1.82) is 0 Å². The van der Waals surface area contributed by atoms with Crippen molar-refractivity contribution in [3.63, 3.8) is 0 Å². The molecular weight excluding hydrogens is 216 g/mol. The molecule has 3 N–H and O–H groups in total. The normalized spacial score (nSPS) is 25.1. The van der Waals surface area contributed by atoms with E-state index in [2.05, 4.69) is 11.0 Å². The molecular formula is C13H20N2O2. The summed E-state index contributed by atoms with van der Waals surface area (Å²) in [5.41, 5.74) is 7.07. The summed E-state index contributed by atoms with van der Waals surface area (Å²) < 4.78 is 5.33. The van der Waals surface area contributed by atoms with Crippen molar-refractivity contribution in [2.24, 2.45) is 5.73 Å². The predicted molar refractivity (Wildman–Crippen MR) is 66.9 cm³/mol. The Morgan fingerprint density at radius 2 is 2.24 bits per heavy atom. The van der Waals surface area contributed by atoms with E-state index in [1.165, 1.54) is 0 Å². The van der Waals surface area contributed by atoms with Crippen LogP contribution >= 0.6 is 0 Å². The molecule has 0 bridgehead atoms. The second-order valence-corrected chi connectivity index (χ2v) is 4.57. The summed E-state index contributed by atoms with van der Waals surface area (Å²) in [4.78, 5) is 2.22. The van der Waals surface area contributed by atoms with Gasteiger partial charge in [0.2, 0.25) is 0 Å². The summed E-state index contributed by atoms with van der Waals surface area (Å²) in [7, 11) is 1.68. The molecule has 1 aliphatic heterocycles. The molecule has 4 nitrogen and oxygen atoms in total. The highest BCUT2D eigenvalue weighted by molar-refractivity contribution is 5.33. The number of likely N-dealkylation sites (tertiary alicyclic amines) is 1. The fourth-order valence-corrected chi connectivity index (χ4v) is 2.46. The third kappa shape index (κ3) is 2.77. The van der Waals surface area contributed by atoms with E-state index in [4.69, 9.17) is 10.5 Å². The largest absolute Gasteiger partial charge is 0.496 e. The lowest BCUT2D eigenvalue weighted by atomic mass is 10.1. The molecule has 1 heterocycles. The summed E-state index contributed by atoms with van der Waals surface area (Å²) in [6.07, 6.45) is 0.867. The predicted octanol–water partition coefficient (Wildman–Crippen LogP) is 0.589. The van der Waals surface area contributed by atoms with E-state index in [1.54, 1.807) is 7.11 Å². The van der Waals surface area contributed by atoms with Crippen LogP contribution in [-0.4, -0.2) is 42.4 Å². The van der Waals surface area contributed by atoms with Crippen LogP contribution in [0.3, 0.4) is 0 Å². The highest BCUT2D eigenvalue weighted by atomic mass is 16.5. The zero-order valence-corrected chi connectivity index (χ0v) is 10.2. The number of nitrogens with zero attached hydrogens (tertiary/aromatic N) is 1. The molecule has 0 saturated carbocycles. The Morgan fingerprint density at radius 1 is 1.47 bits per heavy atom. The van der Waals surface area contributed by atoms with Crippen molar-refractivity contribution in [1.82, 2.24) is 4.90 Å². The molecule has 1 aromatic carbocycles. The number of benzene rings is 1. The molecule has 0 amide bonds. The van der Waals surface area contributed by atoms with Crippen LogP contribution in [0.25, 0.3) is 0 Å². The average molecular weight is 236 g/mol. The van der Waals surface area contributed by atoms with Crippen molar-refractivity contribution >= 4 is 0 Å². The summed E-state index contributed by atoms with van der Waals surface area (Å²) in [6, 6.07) is 8.32. The Balaban J connectivity index is 2.09. The van der Waals surface area contributed by atoms with Gasteiger partial charge in [-0.3, -0.25) is 4.90 Å². The van der Waals surface area contributed by atoms with Gasteiger partial charge >= 0.3 is 0 Å². The third-order valence-electron chi connectivity index (χ3n) is 3.34. The van der Waals surface area contributed by atoms with Crippen molar-refractivity contribution in [2.75, 3.05) is 20.3 Å². The van der Waals surface area contributed by atoms with Gasteiger partial charge in [0, 0.05) is 30.7 Å². The molecule has 4 heteroatoms. The average Bonchev–Trinajstić information content (AvgIpc) is 2.70. The Morgan fingerprint density at radius 3 is 2.94 bits per heavy atom. The lowest BCUT2D eigenvalue weighted by Crippen LogP contribution is -2.32.